The summed E-state index contributed by atoms with van der Waals surface area (Å²) in [6.07, 6.45) is 2.18. The Labute approximate surface area is 76.8 Å². The van der Waals surface area contributed by atoms with Crippen molar-refractivity contribution in [3.05, 3.63) is 0 Å². The van der Waals surface area contributed by atoms with Crippen LogP contribution in [0.3, 0.4) is 0 Å². The number of ether oxygens (including phenoxy) is 1. The number of piperidine rings is 2. The van der Waals surface area contributed by atoms with Gasteiger partial charge >= 0.3 is 6.09 Å². The van der Waals surface area contributed by atoms with Gasteiger partial charge in [-0.05, 0) is 18.8 Å². The molecule has 0 spiro atoms. The second-order valence-corrected chi connectivity index (χ2v) is 3.75. The first kappa shape index (κ1) is 8.53. The van der Waals surface area contributed by atoms with Crippen molar-refractivity contribution in [3.63, 3.8) is 0 Å². The van der Waals surface area contributed by atoms with Gasteiger partial charge in [0.25, 0.3) is 0 Å². The van der Waals surface area contributed by atoms with Crippen molar-refractivity contribution < 1.29 is 14.3 Å². The molecule has 2 atom stereocenters. The molecule has 13 heavy (non-hydrogen) atoms. The van der Waals surface area contributed by atoms with Crippen LogP contribution in [-0.2, 0) is 9.53 Å². The van der Waals surface area contributed by atoms with Crippen LogP contribution in [0, 0.1) is 5.92 Å². The quantitative estimate of drug-likeness (QED) is 0.558. The van der Waals surface area contributed by atoms with Crippen LogP contribution in [0.1, 0.15) is 19.3 Å². The van der Waals surface area contributed by atoms with Crippen molar-refractivity contribution in [1.82, 2.24) is 4.90 Å². The highest BCUT2D eigenvalue weighted by atomic mass is 16.5. The van der Waals surface area contributed by atoms with Crippen molar-refractivity contribution in [2.75, 3.05) is 13.7 Å². The summed E-state index contributed by atoms with van der Waals surface area (Å²) in [5.41, 5.74) is 0. The first-order valence-electron chi connectivity index (χ1n) is 4.59. The molecule has 4 heteroatoms. The van der Waals surface area contributed by atoms with Gasteiger partial charge in [-0.2, -0.15) is 0 Å². The number of hydrogen-bond donors (Lipinski definition) is 0. The van der Waals surface area contributed by atoms with Crippen LogP contribution in [0.4, 0.5) is 4.79 Å². The Hall–Kier alpha value is -1.06. The molecule has 0 aromatic carbocycles. The molecule has 2 aliphatic heterocycles. The number of hydrogen-bond acceptors (Lipinski definition) is 3. The van der Waals surface area contributed by atoms with E-state index in [4.69, 9.17) is 0 Å². The molecular formula is C9H13NO3. The third-order valence-corrected chi connectivity index (χ3v) is 2.95. The fraction of sp³-hybridized carbons (Fsp3) is 0.778. The molecule has 1 aliphatic carbocycles. The molecule has 4 nitrogen and oxygen atoms in total. The molecule has 3 fully saturated rings. The van der Waals surface area contributed by atoms with Crippen LogP contribution in [-0.4, -0.2) is 36.5 Å². The second kappa shape index (κ2) is 3.01. The molecule has 2 unspecified atom stereocenters. The minimum atomic E-state index is -0.359. The number of fused-ring (bicyclic) bond motifs is 3. The van der Waals surface area contributed by atoms with Gasteiger partial charge in [0.1, 0.15) is 0 Å². The van der Waals surface area contributed by atoms with E-state index < -0.39 is 0 Å². The normalized spacial score (nSPS) is 32.1. The topological polar surface area (TPSA) is 46.6 Å². The molecule has 3 rings (SSSR count). The summed E-state index contributed by atoms with van der Waals surface area (Å²) in [4.78, 5) is 24.3. The van der Waals surface area contributed by atoms with E-state index in [0.717, 1.165) is 12.8 Å². The van der Waals surface area contributed by atoms with Gasteiger partial charge in [-0.25, -0.2) is 4.79 Å². The minimum absolute atomic E-state index is 0.197. The third kappa shape index (κ3) is 1.30. The fourth-order valence-electron chi connectivity index (χ4n) is 2.29. The number of methoxy groups -OCH3 is 1. The van der Waals surface area contributed by atoms with Crippen molar-refractivity contribution in [2.45, 2.75) is 25.3 Å². The number of amides is 1. The standard InChI is InChI=1S/C9H13NO3/c1-13-9(12)10-5-6-2-3-7(10)8(11)4-6/h6-7H,2-5H2,1H3. The van der Waals surface area contributed by atoms with Gasteiger partial charge in [-0.15, -0.1) is 0 Å². The lowest BCUT2D eigenvalue weighted by Crippen LogP contribution is -2.55. The highest BCUT2D eigenvalue weighted by Crippen LogP contribution is 2.32. The van der Waals surface area contributed by atoms with Gasteiger partial charge in [0, 0.05) is 13.0 Å². The van der Waals surface area contributed by atoms with Crippen molar-refractivity contribution in [2.24, 2.45) is 5.92 Å². The number of ketones is 1. The molecule has 2 heterocycles. The maximum Gasteiger partial charge on any atom is 0.410 e. The molecule has 0 radical (unpaired) electrons. The largest absolute Gasteiger partial charge is 0.453 e. The Kier molecular flexibility index (Phi) is 1.98. The molecule has 0 aromatic heterocycles. The van der Waals surface area contributed by atoms with Gasteiger partial charge < -0.3 is 4.74 Å². The van der Waals surface area contributed by atoms with Crippen LogP contribution >= 0.6 is 0 Å². The Morgan fingerprint density at radius 2 is 2.31 bits per heavy atom. The van der Waals surface area contributed by atoms with Crippen LogP contribution in [0.15, 0.2) is 0 Å². The van der Waals surface area contributed by atoms with Gasteiger partial charge in [-0.3, -0.25) is 9.69 Å². The summed E-state index contributed by atoms with van der Waals surface area (Å²) in [5.74, 6) is 0.574. The lowest BCUT2D eigenvalue weighted by atomic mass is 9.79. The molecule has 1 saturated carbocycles. The molecule has 2 bridgehead atoms. The van der Waals surface area contributed by atoms with E-state index in [2.05, 4.69) is 4.74 Å². The Bertz CT molecular complexity index is 251. The predicted octanol–water partition coefficient (Wildman–Crippen LogP) is 0.806. The number of Topliss-reactive ketones (excluding diaryl/α,β-unsaturated/α-hetero) is 1. The lowest BCUT2D eigenvalue weighted by Gasteiger charge is -2.42. The molecular weight excluding hydrogens is 170 g/mol. The van der Waals surface area contributed by atoms with E-state index in [1.807, 2.05) is 0 Å². The maximum absolute atomic E-state index is 11.4. The zero-order chi connectivity index (χ0) is 9.42. The van der Waals surface area contributed by atoms with E-state index in [9.17, 15) is 9.59 Å². The van der Waals surface area contributed by atoms with E-state index in [0.29, 0.717) is 18.9 Å². The lowest BCUT2D eigenvalue weighted by molar-refractivity contribution is -0.131. The van der Waals surface area contributed by atoms with Crippen LogP contribution < -0.4 is 0 Å². The third-order valence-electron chi connectivity index (χ3n) is 2.95. The number of carbonyl (C=O) groups is 2. The number of nitrogens with zero attached hydrogens (tertiary/aromatic N) is 1. The summed E-state index contributed by atoms with van der Waals surface area (Å²) < 4.78 is 4.63. The van der Waals surface area contributed by atoms with Crippen molar-refractivity contribution in [3.8, 4) is 0 Å². The predicted molar refractivity (Wildman–Crippen MR) is 45.2 cm³/mol. The highest BCUT2D eigenvalue weighted by molar-refractivity contribution is 5.89. The molecule has 72 valence electrons. The van der Waals surface area contributed by atoms with Gasteiger partial charge in [0.05, 0.1) is 13.2 Å². The Balaban J connectivity index is 2.14. The van der Waals surface area contributed by atoms with E-state index in [1.54, 1.807) is 4.90 Å². The van der Waals surface area contributed by atoms with Gasteiger partial charge in [0.2, 0.25) is 0 Å². The molecule has 3 aliphatic rings. The SMILES string of the molecule is COC(=O)N1CC2CCC1C(=O)C2. The Morgan fingerprint density at radius 1 is 1.54 bits per heavy atom. The first-order valence-corrected chi connectivity index (χ1v) is 4.59. The van der Waals surface area contributed by atoms with Crippen molar-refractivity contribution in [1.29, 1.82) is 0 Å². The molecule has 0 aromatic rings. The summed E-state index contributed by atoms with van der Waals surface area (Å²) in [7, 11) is 1.36. The van der Waals surface area contributed by atoms with Crippen LogP contribution in [0.5, 0.6) is 0 Å². The highest BCUT2D eigenvalue weighted by Gasteiger charge is 2.42. The number of carbonyl (C=O) groups excluding carboxylic acids is 2. The zero-order valence-corrected chi connectivity index (χ0v) is 7.66. The maximum atomic E-state index is 11.4. The molecule has 1 amide bonds. The fourth-order valence-corrected chi connectivity index (χ4v) is 2.29. The van der Waals surface area contributed by atoms with Gasteiger partial charge in [0.15, 0.2) is 5.78 Å². The monoisotopic (exact) mass is 183 g/mol. The smallest absolute Gasteiger partial charge is 0.410 e. The Morgan fingerprint density at radius 3 is 2.85 bits per heavy atom. The molecule has 2 saturated heterocycles. The van der Waals surface area contributed by atoms with E-state index in [1.165, 1.54) is 7.11 Å². The van der Waals surface area contributed by atoms with Crippen LogP contribution in [0.2, 0.25) is 0 Å². The average molecular weight is 183 g/mol. The summed E-state index contributed by atoms with van der Waals surface area (Å²) >= 11 is 0. The van der Waals surface area contributed by atoms with Crippen LogP contribution in [0.25, 0.3) is 0 Å². The first-order chi connectivity index (χ1) is 6.22. The zero-order valence-electron chi connectivity index (χ0n) is 7.66. The average Bonchev–Trinajstić information content (AvgIpc) is 2.17. The summed E-state index contributed by atoms with van der Waals surface area (Å²) in [6, 6.07) is -0.197. The molecule has 0 N–H and O–H groups in total. The van der Waals surface area contributed by atoms with Crippen molar-refractivity contribution >= 4 is 11.9 Å². The summed E-state index contributed by atoms with van der Waals surface area (Å²) in [5, 5.41) is 0. The minimum Gasteiger partial charge on any atom is -0.453 e. The summed E-state index contributed by atoms with van der Waals surface area (Å²) in [6.45, 7) is 0.698. The van der Waals surface area contributed by atoms with E-state index in [-0.39, 0.29) is 17.9 Å². The van der Waals surface area contributed by atoms with Gasteiger partial charge in [-0.1, -0.05) is 0 Å². The van der Waals surface area contributed by atoms with E-state index >= 15 is 0 Å². The second-order valence-electron chi connectivity index (χ2n) is 3.75. The number of rotatable bonds is 0.